The van der Waals surface area contributed by atoms with Crippen LogP contribution in [-0.2, 0) is 43.2 Å². The molecule has 2 aliphatic rings. The molecule has 2 atom stereocenters. The number of ketones is 1. The summed E-state index contributed by atoms with van der Waals surface area (Å²) in [5.74, 6) is -3.42. The number of carbonyl (C=O) groups is 7. The van der Waals surface area contributed by atoms with Crippen LogP contribution in [0, 0.1) is 11.8 Å². The molecule has 0 aromatic heterocycles. The second kappa shape index (κ2) is 26.5. The molecule has 268 valence electrons. The van der Waals surface area contributed by atoms with E-state index in [2.05, 4.69) is 18.0 Å². The lowest BCUT2D eigenvalue weighted by Crippen LogP contribution is -2.32. The minimum Gasteiger partial charge on any atom is -0.396 e. The molecule has 0 radical (unpaired) electrons. The van der Waals surface area contributed by atoms with E-state index in [4.69, 9.17) is 25.3 Å². The third kappa shape index (κ3) is 19.0. The summed E-state index contributed by atoms with van der Waals surface area (Å²) in [5.41, 5.74) is 0. The molecule has 0 aromatic rings. The van der Waals surface area contributed by atoms with E-state index in [0.29, 0.717) is 48.7 Å². The van der Waals surface area contributed by atoms with Crippen molar-refractivity contribution in [3.05, 3.63) is 13.2 Å². The predicted octanol–water partition coefficient (Wildman–Crippen LogP) is 1.83. The summed E-state index contributed by atoms with van der Waals surface area (Å²) < 4.78 is 0. The summed E-state index contributed by atoms with van der Waals surface area (Å²) in [7, 11) is 0. The molecule has 2 rings (SSSR count). The number of hydrogen-bond donors (Lipinski definition) is 4. The summed E-state index contributed by atoms with van der Waals surface area (Å²) >= 11 is 0. The Bertz CT molecular complexity index is 971. The molecule has 2 fully saturated rings. The van der Waals surface area contributed by atoms with E-state index in [1.807, 2.05) is 0 Å². The molecule has 0 spiro atoms. The molecule has 2 aliphatic heterocycles. The van der Waals surface area contributed by atoms with Crippen LogP contribution in [0.5, 0.6) is 0 Å². The van der Waals surface area contributed by atoms with E-state index < -0.39 is 42.0 Å². The van der Waals surface area contributed by atoms with E-state index >= 15 is 0 Å². The number of Topliss-reactive ketones (excluding diaryl/α,β-unsaturated/α-hetero) is 1. The molecule has 2 unspecified atom stereocenters. The zero-order valence-corrected chi connectivity index (χ0v) is 27.3. The maximum atomic E-state index is 11.8. The summed E-state index contributed by atoms with van der Waals surface area (Å²) in [5, 5.41) is 36.6. The number of amides is 4. The van der Waals surface area contributed by atoms with Gasteiger partial charge >= 0.3 is 11.9 Å². The number of aliphatic hydroxyl groups excluding tert-OH is 4. The fourth-order valence-electron chi connectivity index (χ4n) is 4.96. The zero-order valence-electron chi connectivity index (χ0n) is 27.3. The van der Waals surface area contributed by atoms with Gasteiger partial charge in [0.2, 0.25) is 0 Å². The zero-order chi connectivity index (χ0) is 35.6. The largest absolute Gasteiger partial charge is 0.396 e. The van der Waals surface area contributed by atoms with Crippen LogP contribution in [0.4, 0.5) is 0 Å². The number of hydrogen-bond acceptors (Lipinski definition) is 13. The van der Waals surface area contributed by atoms with Gasteiger partial charge in [-0.1, -0.05) is 0 Å². The molecule has 0 bridgehead atoms. The highest BCUT2D eigenvalue weighted by atomic mass is 16.7. The van der Waals surface area contributed by atoms with E-state index in [1.54, 1.807) is 0 Å². The van der Waals surface area contributed by atoms with Crippen LogP contribution < -0.4 is 0 Å². The number of hydroxylamine groups is 4. The molecule has 2 saturated heterocycles. The van der Waals surface area contributed by atoms with Crippen molar-refractivity contribution in [3.63, 3.8) is 0 Å². The van der Waals surface area contributed by atoms with Crippen molar-refractivity contribution in [1.82, 2.24) is 10.1 Å². The van der Waals surface area contributed by atoms with Crippen LogP contribution in [0.1, 0.15) is 109 Å². The standard InChI is InChI=1S/C16H25NO7.C14H23NO6.C2H4/c18-9-2-4-12(8-10-19)3-1-5-13(20)11-16(23)24-17-14(21)6-7-15(17)22;16-9-2-4-11(8-10-17)3-1-5-14(20)21-15-12(18)6-7-13(15)19;1-2/h12,18-19H,1-11H2;11,16-17H,1-10H2;1-2H2. The normalized spacial score (nSPS) is 15.4. The lowest BCUT2D eigenvalue weighted by atomic mass is 9.93. The fraction of sp³-hybridized carbons (Fsp3) is 0.719. The number of nitrogens with zero attached hydrogens (tertiary/aromatic N) is 2. The summed E-state index contributed by atoms with van der Waals surface area (Å²) in [4.78, 5) is 89.5. The maximum Gasteiger partial charge on any atom is 0.340 e. The van der Waals surface area contributed by atoms with Gasteiger partial charge in [-0.3, -0.25) is 24.0 Å². The Hall–Kier alpha value is -3.53. The summed E-state index contributed by atoms with van der Waals surface area (Å²) in [6.07, 6.45) is 6.81. The Balaban J connectivity index is 0.000000862. The van der Waals surface area contributed by atoms with Gasteiger partial charge < -0.3 is 30.1 Å². The predicted molar refractivity (Wildman–Crippen MR) is 166 cm³/mol. The number of rotatable bonds is 22. The molecular weight excluding hydrogens is 620 g/mol. The Morgan fingerprint density at radius 1 is 0.553 bits per heavy atom. The lowest BCUT2D eigenvalue weighted by molar-refractivity contribution is -0.197. The molecule has 4 N–H and O–H groups in total. The van der Waals surface area contributed by atoms with Crippen LogP contribution in [0.25, 0.3) is 0 Å². The van der Waals surface area contributed by atoms with Crippen LogP contribution in [0.3, 0.4) is 0 Å². The third-order valence-corrected chi connectivity index (χ3v) is 7.42. The summed E-state index contributed by atoms with van der Waals surface area (Å²) in [6.45, 7) is 6.36. The minimum atomic E-state index is -0.907. The highest BCUT2D eigenvalue weighted by Crippen LogP contribution is 2.20. The first-order chi connectivity index (χ1) is 22.6. The van der Waals surface area contributed by atoms with E-state index in [1.165, 1.54) is 0 Å². The molecule has 0 aromatic carbocycles. The second-order valence-electron chi connectivity index (χ2n) is 11.1. The smallest absolute Gasteiger partial charge is 0.340 e. The average molecular weight is 673 g/mol. The van der Waals surface area contributed by atoms with Gasteiger partial charge in [0.25, 0.3) is 23.6 Å². The molecule has 47 heavy (non-hydrogen) atoms. The summed E-state index contributed by atoms with van der Waals surface area (Å²) in [6, 6.07) is 0. The Kier molecular flexibility index (Phi) is 24.5. The van der Waals surface area contributed by atoms with Crippen molar-refractivity contribution in [3.8, 4) is 0 Å². The maximum absolute atomic E-state index is 11.8. The highest BCUT2D eigenvalue weighted by molar-refractivity contribution is 6.03. The van der Waals surface area contributed by atoms with E-state index in [9.17, 15) is 33.6 Å². The van der Waals surface area contributed by atoms with Crippen molar-refractivity contribution in [1.29, 1.82) is 0 Å². The monoisotopic (exact) mass is 672 g/mol. The molecule has 0 aliphatic carbocycles. The Labute approximate surface area is 275 Å². The van der Waals surface area contributed by atoms with Crippen molar-refractivity contribution in [2.24, 2.45) is 11.8 Å². The first-order valence-electron chi connectivity index (χ1n) is 16.1. The third-order valence-electron chi connectivity index (χ3n) is 7.42. The van der Waals surface area contributed by atoms with Gasteiger partial charge in [0, 0.05) is 65.0 Å². The van der Waals surface area contributed by atoms with Gasteiger partial charge in [-0.05, 0) is 76.0 Å². The minimum absolute atomic E-state index is 0.0140. The number of imide groups is 2. The Morgan fingerprint density at radius 2 is 0.915 bits per heavy atom. The van der Waals surface area contributed by atoms with Gasteiger partial charge in [-0.25, -0.2) is 9.59 Å². The van der Waals surface area contributed by atoms with Crippen molar-refractivity contribution >= 4 is 41.4 Å². The van der Waals surface area contributed by atoms with Crippen LogP contribution >= 0.6 is 0 Å². The average Bonchev–Trinajstić information content (AvgIpc) is 3.53. The number of aliphatic hydroxyl groups is 4. The second-order valence-corrected chi connectivity index (χ2v) is 11.1. The fourth-order valence-corrected chi connectivity index (χ4v) is 4.96. The van der Waals surface area contributed by atoms with Crippen LogP contribution in [-0.4, -0.2) is 98.3 Å². The first-order valence-corrected chi connectivity index (χ1v) is 16.1. The van der Waals surface area contributed by atoms with Crippen LogP contribution in [0.2, 0.25) is 0 Å². The van der Waals surface area contributed by atoms with Crippen molar-refractivity contribution < 1.29 is 63.7 Å². The van der Waals surface area contributed by atoms with Gasteiger partial charge in [-0.15, -0.1) is 23.3 Å². The highest BCUT2D eigenvalue weighted by Gasteiger charge is 2.34. The first kappa shape index (κ1) is 43.5. The Morgan fingerprint density at radius 3 is 1.30 bits per heavy atom. The van der Waals surface area contributed by atoms with E-state index in [-0.39, 0.29) is 82.6 Å². The molecular formula is C32H52N2O13. The molecule has 15 heteroatoms. The SMILES string of the molecule is C=C.O=C(CCCC(CCO)CCCO)CC(=O)ON1C(=O)CCC1=O.O=C(CCCC(CCO)CCCO)ON1C(=O)CCC1=O. The lowest BCUT2D eigenvalue weighted by Gasteiger charge is -2.15. The van der Waals surface area contributed by atoms with Crippen molar-refractivity contribution in [2.75, 3.05) is 26.4 Å². The van der Waals surface area contributed by atoms with Gasteiger partial charge in [0.15, 0.2) is 0 Å². The van der Waals surface area contributed by atoms with Gasteiger partial charge in [-0.2, -0.15) is 0 Å². The number of carbonyl (C=O) groups excluding carboxylic acids is 7. The topological polar surface area (TPSA) is 225 Å². The van der Waals surface area contributed by atoms with Gasteiger partial charge in [0.1, 0.15) is 12.2 Å². The van der Waals surface area contributed by atoms with E-state index in [0.717, 1.165) is 25.7 Å². The van der Waals surface area contributed by atoms with Crippen LogP contribution in [0.15, 0.2) is 13.2 Å². The molecule has 4 amide bonds. The molecule has 15 nitrogen and oxygen atoms in total. The van der Waals surface area contributed by atoms with Crippen molar-refractivity contribution in [2.45, 2.75) is 109 Å². The quantitative estimate of drug-likeness (QED) is 0.0732. The molecule has 0 saturated carbocycles. The van der Waals surface area contributed by atoms with Gasteiger partial charge in [0.05, 0.1) is 0 Å². The molecule has 2 heterocycles.